The molecule has 0 atom stereocenters. The van der Waals surface area contributed by atoms with Crippen molar-refractivity contribution < 1.29 is 0 Å². The topological polar surface area (TPSA) is 0 Å². The summed E-state index contributed by atoms with van der Waals surface area (Å²) in [5, 5.41) is 0. The van der Waals surface area contributed by atoms with Gasteiger partial charge in [-0.25, -0.2) is 0 Å². The van der Waals surface area contributed by atoms with E-state index in [1.54, 1.807) is 0 Å². The molecule has 1 aromatic rings. The van der Waals surface area contributed by atoms with Crippen molar-refractivity contribution in [3.05, 3.63) is 35.9 Å². The van der Waals surface area contributed by atoms with Gasteiger partial charge in [0.05, 0.1) is 0 Å². The number of rotatable bonds is 4. The number of hydrogen-bond donors (Lipinski definition) is 0. The van der Waals surface area contributed by atoms with E-state index in [0.717, 1.165) is 5.54 Å². The summed E-state index contributed by atoms with van der Waals surface area (Å²) in [6, 6.07) is 12.3. The molecule has 1 aromatic carbocycles. The summed E-state index contributed by atoms with van der Waals surface area (Å²) in [5.41, 5.74) is 2.59. The van der Waals surface area contributed by atoms with Crippen molar-refractivity contribution in [2.45, 2.75) is 50.1 Å². The maximum atomic E-state index is 2.26. The lowest BCUT2D eigenvalue weighted by molar-refractivity contribution is 0.500. The predicted molar refractivity (Wildman–Crippen MR) is 67.5 cm³/mol. The van der Waals surface area contributed by atoms with Gasteiger partial charge < -0.3 is 0 Å². The molecule has 1 fully saturated rings. The van der Waals surface area contributed by atoms with E-state index in [9.17, 15) is 0 Å². The summed E-state index contributed by atoms with van der Waals surface area (Å²) < 4.78 is 0. The van der Waals surface area contributed by atoms with Crippen LogP contribution in [0.2, 0.25) is 11.6 Å². The predicted octanol–water partition coefficient (Wildman–Crippen LogP) is 4.10. The van der Waals surface area contributed by atoms with Crippen molar-refractivity contribution >= 4 is 9.52 Å². The molecule has 1 heteroatoms. The highest BCUT2D eigenvalue weighted by atomic mass is 28.2. The molecule has 0 bridgehead atoms. The first-order valence-corrected chi connectivity index (χ1v) is 7.51. The average Bonchev–Trinajstić information content (AvgIpc) is 2.32. The smallest absolute Gasteiger partial charge is 0.0416 e. The minimum Gasteiger partial charge on any atom is -0.0622 e. The molecule has 2 radical (unpaired) electrons. The zero-order chi connectivity index (χ0) is 10.3. The molecule has 0 N–H and O–H groups in total. The molecule has 0 saturated heterocycles. The van der Waals surface area contributed by atoms with Crippen molar-refractivity contribution in [1.29, 1.82) is 0 Å². The van der Waals surface area contributed by atoms with Gasteiger partial charge in [0.1, 0.15) is 0 Å². The second kappa shape index (κ2) is 6.11. The van der Waals surface area contributed by atoms with E-state index in [-0.39, 0.29) is 0 Å². The van der Waals surface area contributed by atoms with Gasteiger partial charge in [0.25, 0.3) is 0 Å². The van der Waals surface area contributed by atoms with E-state index in [1.807, 2.05) is 0 Å². The largest absolute Gasteiger partial charge is 0.0622 e. The summed E-state index contributed by atoms with van der Waals surface area (Å²) in [4.78, 5) is 0. The molecule has 0 aliphatic heterocycles. The van der Waals surface area contributed by atoms with E-state index in [2.05, 4.69) is 30.3 Å². The van der Waals surface area contributed by atoms with Crippen LogP contribution in [0.25, 0.3) is 0 Å². The second-order valence-electron chi connectivity index (χ2n) is 4.52. The Morgan fingerprint density at radius 3 is 2.47 bits per heavy atom. The van der Waals surface area contributed by atoms with Crippen LogP contribution in [0.4, 0.5) is 0 Å². The molecule has 1 saturated carbocycles. The van der Waals surface area contributed by atoms with Crippen LogP contribution in [0, 0.1) is 0 Å². The number of hydrogen-bond acceptors (Lipinski definition) is 0. The SMILES string of the molecule is c1ccc(CC[Si]C2CCCCC2)cc1. The van der Waals surface area contributed by atoms with E-state index in [1.165, 1.54) is 59.7 Å². The van der Waals surface area contributed by atoms with Crippen LogP contribution in [-0.2, 0) is 6.42 Å². The maximum absolute atomic E-state index is 2.26. The summed E-state index contributed by atoms with van der Waals surface area (Å²) in [7, 11) is 1.21. The van der Waals surface area contributed by atoms with E-state index in [4.69, 9.17) is 0 Å². The maximum Gasteiger partial charge on any atom is 0.0416 e. The molecular formula is C14H20Si. The molecule has 0 nitrogen and oxygen atoms in total. The van der Waals surface area contributed by atoms with Crippen LogP contribution in [0.15, 0.2) is 30.3 Å². The number of aryl methyl sites for hydroxylation is 1. The van der Waals surface area contributed by atoms with Crippen LogP contribution in [0.1, 0.15) is 37.7 Å². The van der Waals surface area contributed by atoms with Gasteiger partial charge in [0.15, 0.2) is 0 Å². The van der Waals surface area contributed by atoms with Gasteiger partial charge in [0, 0.05) is 9.52 Å². The monoisotopic (exact) mass is 216 g/mol. The van der Waals surface area contributed by atoms with Gasteiger partial charge in [-0.1, -0.05) is 68.5 Å². The van der Waals surface area contributed by atoms with E-state index >= 15 is 0 Å². The molecular weight excluding hydrogens is 196 g/mol. The highest BCUT2D eigenvalue weighted by molar-refractivity contribution is 6.37. The molecule has 1 aliphatic carbocycles. The molecule has 1 aliphatic rings. The highest BCUT2D eigenvalue weighted by Gasteiger charge is 2.13. The van der Waals surface area contributed by atoms with Gasteiger partial charge in [0.2, 0.25) is 0 Å². The fraction of sp³-hybridized carbons (Fsp3) is 0.571. The standard InChI is InChI=1S/C14H20Si/c1-3-7-13(8-4-1)11-12-15-14-9-5-2-6-10-14/h1,3-4,7-8,14H,2,5-6,9-12H2. The van der Waals surface area contributed by atoms with Crippen molar-refractivity contribution in [3.63, 3.8) is 0 Å². The van der Waals surface area contributed by atoms with Gasteiger partial charge in [-0.3, -0.25) is 0 Å². The Balaban J connectivity index is 1.66. The summed E-state index contributed by atoms with van der Waals surface area (Å²) in [6.45, 7) is 0. The van der Waals surface area contributed by atoms with Crippen LogP contribution >= 0.6 is 0 Å². The summed E-state index contributed by atoms with van der Waals surface area (Å²) >= 11 is 0. The molecule has 0 heterocycles. The minimum absolute atomic E-state index is 1.07. The Morgan fingerprint density at radius 2 is 1.73 bits per heavy atom. The third-order valence-electron chi connectivity index (χ3n) is 3.29. The fourth-order valence-corrected chi connectivity index (χ4v) is 4.03. The van der Waals surface area contributed by atoms with Crippen molar-refractivity contribution in [3.8, 4) is 0 Å². The Hall–Kier alpha value is -0.563. The molecule has 0 spiro atoms. The molecule has 15 heavy (non-hydrogen) atoms. The van der Waals surface area contributed by atoms with E-state index < -0.39 is 0 Å². The quantitative estimate of drug-likeness (QED) is 0.665. The van der Waals surface area contributed by atoms with Crippen molar-refractivity contribution in [2.24, 2.45) is 0 Å². The first-order chi connectivity index (χ1) is 7.45. The minimum atomic E-state index is 1.07. The molecule has 0 amide bonds. The Bertz CT molecular complexity index is 262. The van der Waals surface area contributed by atoms with E-state index in [0.29, 0.717) is 0 Å². The van der Waals surface area contributed by atoms with Gasteiger partial charge in [-0.15, -0.1) is 0 Å². The summed E-state index contributed by atoms with van der Waals surface area (Å²) in [6.07, 6.45) is 8.77. The van der Waals surface area contributed by atoms with Gasteiger partial charge >= 0.3 is 0 Å². The Morgan fingerprint density at radius 1 is 1.00 bits per heavy atom. The Kier molecular flexibility index (Phi) is 4.46. The van der Waals surface area contributed by atoms with Gasteiger partial charge in [-0.2, -0.15) is 0 Å². The highest BCUT2D eigenvalue weighted by Crippen LogP contribution is 2.28. The lowest BCUT2D eigenvalue weighted by Gasteiger charge is -2.20. The zero-order valence-electron chi connectivity index (χ0n) is 9.41. The van der Waals surface area contributed by atoms with Crippen LogP contribution in [-0.4, -0.2) is 9.52 Å². The molecule has 0 aromatic heterocycles. The first-order valence-electron chi connectivity index (χ1n) is 6.22. The zero-order valence-corrected chi connectivity index (χ0v) is 10.4. The lowest BCUT2D eigenvalue weighted by Crippen LogP contribution is -2.08. The third kappa shape index (κ3) is 3.82. The van der Waals surface area contributed by atoms with Crippen LogP contribution in [0.3, 0.4) is 0 Å². The second-order valence-corrected chi connectivity index (χ2v) is 6.25. The molecule has 0 unspecified atom stereocenters. The van der Waals surface area contributed by atoms with Crippen LogP contribution < -0.4 is 0 Å². The molecule has 80 valence electrons. The van der Waals surface area contributed by atoms with Crippen LogP contribution in [0.5, 0.6) is 0 Å². The Labute approximate surface area is 95.9 Å². The van der Waals surface area contributed by atoms with Crippen molar-refractivity contribution in [1.82, 2.24) is 0 Å². The average molecular weight is 216 g/mol. The fourth-order valence-electron chi connectivity index (χ4n) is 2.37. The first kappa shape index (κ1) is 10.9. The summed E-state index contributed by atoms with van der Waals surface area (Å²) in [5.74, 6) is 0. The van der Waals surface area contributed by atoms with Crippen molar-refractivity contribution in [2.75, 3.05) is 0 Å². The van der Waals surface area contributed by atoms with Gasteiger partial charge in [-0.05, 0) is 17.5 Å². The third-order valence-corrected chi connectivity index (χ3v) is 4.99. The molecule has 2 rings (SSSR count). The normalized spacial score (nSPS) is 17.9. The lowest BCUT2D eigenvalue weighted by atomic mass is 10.0. The number of benzene rings is 1.